The van der Waals surface area contributed by atoms with Gasteiger partial charge in [0.05, 0.1) is 0 Å². The molecule has 3 rings (SSSR count). The zero-order valence-electron chi connectivity index (χ0n) is 11.9. The summed E-state index contributed by atoms with van der Waals surface area (Å²) < 4.78 is -1.93. The maximum atomic E-state index is 12.4. The van der Waals surface area contributed by atoms with E-state index in [2.05, 4.69) is 13.0 Å². The van der Waals surface area contributed by atoms with E-state index in [9.17, 15) is 9.59 Å². The van der Waals surface area contributed by atoms with E-state index in [1.54, 1.807) is 4.90 Å². The molecule has 1 aliphatic heterocycles. The Hall–Kier alpha value is -0.250. The van der Waals surface area contributed by atoms with E-state index in [-0.39, 0.29) is 23.2 Å². The van der Waals surface area contributed by atoms with Crippen LogP contribution >= 0.6 is 34.8 Å². The van der Waals surface area contributed by atoms with Crippen LogP contribution in [-0.4, -0.2) is 33.0 Å². The molecule has 3 atom stereocenters. The zero-order chi connectivity index (χ0) is 15.4. The quantitative estimate of drug-likeness (QED) is 0.625. The first kappa shape index (κ1) is 15.6. The minimum Gasteiger partial charge on any atom is -0.335 e. The van der Waals surface area contributed by atoms with Gasteiger partial charge in [0, 0.05) is 24.4 Å². The van der Waals surface area contributed by atoms with Gasteiger partial charge in [-0.15, -0.1) is 0 Å². The molecule has 2 aliphatic carbocycles. The Labute approximate surface area is 139 Å². The Balaban J connectivity index is 2.02. The summed E-state index contributed by atoms with van der Waals surface area (Å²) in [4.78, 5) is 26.5. The van der Waals surface area contributed by atoms with Gasteiger partial charge in [-0.05, 0) is 37.2 Å². The topological polar surface area (TPSA) is 37.4 Å². The number of hydrogen-bond donors (Lipinski definition) is 0. The van der Waals surface area contributed by atoms with E-state index >= 15 is 0 Å². The molecule has 0 aromatic rings. The van der Waals surface area contributed by atoms with Gasteiger partial charge >= 0.3 is 0 Å². The highest BCUT2D eigenvalue weighted by Gasteiger charge is 2.59. The second kappa shape index (κ2) is 5.14. The Bertz CT molecular complexity index is 526. The molecule has 1 saturated heterocycles. The van der Waals surface area contributed by atoms with Crippen LogP contribution in [0.1, 0.15) is 39.0 Å². The van der Waals surface area contributed by atoms with Crippen LogP contribution in [0.25, 0.3) is 0 Å². The fraction of sp³-hybridized carbons (Fsp3) is 0.733. The lowest BCUT2D eigenvalue weighted by Crippen LogP contribution is -2.50. The lowest BCUT2D eigenvalue weighted by atomic mass is 9.63. The van der Waals surface area contributed by atoms with E-state index in [1.807, 2.05) is 0 Å². The number of Topliss-reactive ketones (excluding diaryl/α,β-unsaturated/α-hetero) is 1. The van der Waals surface area contributed by atoms with E-state index in [0.29, 0.717) is 19.4 Å². The van der Waals surface area contributed by atoms with Crippen LogP contribution in [0, 0.1) is 11.3 Å². The second-order valence-corrected chi connectivity index (χ2v) is 8.74. The number of likely N-dealkylation sites (tertiary alicyclic amines) is 1. The standard InChI is InChI=1S/C15H18Cl3NO2/c1-14-9-4-2-3-5-10(14)11(20)6-7-12(14)19(8-9)13(21)15(16,17)18/h5,9,12H,2-4,6-8H2,1H3/t9-,12-,14+/m1/s1. The summed E-state index contributed by atoms with van der Waals surface area (Å²) in [6.45, 7) is 2.70. The van der Waals surface area contributed by atoms with Crippen molar-refractivity contribution in [3.05, 3.63) is 11.6 Å². The van der Waals surface area contributed by atoms with Crippen molar-refractivity contribution in [2.45, 2.75) is 48.9 Å². The first-order valence-electron chi connectivity index (χ1n) is 7.38. The van der Waals surface area contributed by atoms with Crippen LogP contribution in [0.15, 0.2) is 11.6 Å². The van der Waals surface area contributed by atoms with Gasteiger partial charge in [-0.25, -0.2) is 0 Å². The Morgan fingerprint density at radius 1 is 1.38 bits per heavy atom. The Morgan fingerprint density at radius 3 is 2.76 bits per heavy atom. The summed E-state index contributed by atoms with van der Waals surface area (Å²) in [5, 5.41) is 0. The van der Waals surface area contributed by atoms with E-state index < -0.39 is 9.70 Å². The number of allylic oxidation sites excluding steroid dienone is 1. The SMILES string of the molecule is C[C@@]12C3=CCCC[C@@H]1CN(C(=O)C(Cl)(Cl)Cl)[C@@H]2CCC3=O. The number of rotatable bonds is 0. The van der Waals surface area contributed by atoms with Crippen molar-refractivity contribution in [1.29, 1.82) is 0 Å². The number of alkyl halides is 3. The smallest absolute Gasteiger partial charge is 0.275 e. The molecule has 6 heteroatoms. The highest BCUT2D eigenvalue weighted by Crippen LogP contribution is 2.55. The Morgan fingerprint density at radius 2 is 2.10 bits per heavy atom. The van der Waals surface area contributed by atoms with Crippen molar-refractivity contribution in [2.75, 3.05) is 6.54 Å². The number of carbonyl (C=O) groups excluding carboxylic acids is 2. The van der Waals surface area contributed by atoms with Gasteiger partial charge in [0.2, 0.25) is 0 Å². The first-order chi connectivity index (χ1) is 9.76. The van der Waals surface area contributed by atoms with Gasteiger partial charge in [-0.3, -0.25) is 9.59 Å². The van der Waals surface area contributed by atoms with Crippen LogP contribution in [0.4, 0.5) is 0 Å². The fourth-order valence-electron chi connectivity index (χ4n) is 4.43. The molecule has 0 N–H and O–H groups in total. The van der Waals surface area contributed by atoms with Crippen molar-refractivity contribution in [1.82, 2.24) is 4.90 Å². The van der Waals surface area contributed by atoms with E-state index in [0.717, 1.165) is 24.8 Å². The number of carbonyl (C=O) groups is 2. The molecule has 116 valence electrons. The molecule has 0 radical (unpaired) electrons. The molecule has 1 amide bonds. The minimum absolute atomic E-state index is 0.0346. The van der Waals surface area contributed by atoms with E-state index in [4.69, 9.17) is 34.8 Å². The Kier molecular flexibility index (Phi) is 3.83. The van der Waals surface area contributed by atoms with Crippen molar-refractivity contribution in [2.24, 2.45) is 11.3 Å². The third kappa shape index (κ3) is 2.32. The van der Waals surface area contributed by atoms with Crippen molar-refractivity contribution >= 4 is 46.5 Å². The summed E-state index contributed by atoms with van der Waals surface area (Å²) in [6.07, 6.45) is 6.21. The predicted octanol–water partition coefficient (Wildman–Crippen LogP) is 3.66. The summed E-state index contributed by atoms with van der Waals surface area (Å²) in [6, 6.07) is -0.0346. The molecule has 0 aromatic carbocycles. The van der Waals surface area contributed by atoms with Gasteiger partial charge in [-0.2, -0.15) is 0 Å². The van der Waals surface area contributed by atoms with Crippen LogP contribution in [0.3, 0.4) is 0 Å². The van der Waals surface area contributed by atoms with Crippen molar-refractivity contribution < 1.29 is 9.59 Å². The van der Waals surface area contributed by atoms with Gasteiger partial charge in [0.25, 0.3) is 9.70 Å². The lowest BCUT2D eigenvalue weighted by molar-refractivity contribution is -0.133. The summed E-state index contributed by atoms with van der Waals surface area (Å²) in [7, 11) is 0. The van der Waals surface area contributed by atoms with Crippen molar-refractivity contribution in [3.8, 4) is 0 Å². The normalized spacial score (nSPS) is 36.1. The number of nitrogens with zero attached hydrogens (tertiary/aromatic N) is 1. The predicted molar refractivity (Wildman–Crippen MR) is 83.6 cm³/mol. The summed E-state index contributed by atoms with van der Waals surface area (Å²) >= 11 is 17.4. The van der Waals surface area contributed by atoms with Crippen LogP contribution in [-0.2, 0) is 9.59 Å². The number of amides is 1. The number of halogens is 3. The number of hydrogen-bond acceptors (Lipinski definition) is 2. The monoisotopic (exact) mass is 349 g/mol. The van der Waals surface area contributed by atoms with Gasteiger partial charge in [-0.1, -0.05) is 47.8 Å². The van der Waals surface area contributed by atoms with Crippen LogP contribution in [0.5, 0.6) is 0 Å². The fourth-order valence-corrected chi connectivity index (χ4v) is 4.76. The average molecular weight is 351 g/mol. The summed E-state index contributed by atoms with van der Waals surface area (Å²) in [5.74, 6) is 0.0427. The van der Waals surface area contributed by atoms with Crippen LogP contribution in [0.2, 0.25) is 0 Å². The van der Waals surface area contributed by atoms with Crippen molar-refractivity contribution in [3.63, 3.8) is 0 Å². The molecule has 1 heterocycles. The molecule has 3 nitrogen and oxygen atoms in total. The molecule has 0 spiro atoms. The maximum Gasteiger partial charge on any atom is 0.275 e. The molecular weight excluding hydrogens is 333 g/mol. The highest BCUT2D eigenvalue weighted by atomic mass is 35.6. The zero-order valence-corrected chi connectivity index (χ0v) is 14.1. The first-order valence-corrected chi connectivity index (χ1v) is 8.51. The summed E-state index contributed by atoms with van der Waals surface area (Å²) in [5.41, 5.74) is 0.623. The third-order valence-electron chi connectivity index (χ3n) is 5.47. The average Bonchev–Trinajstić information content (AvgIpc) is 2.55. The van der Waals surface area contributed by atoms with E-state index in [1.165, 1.54) is 0 Å². The largest absolute Gasteiger partial charge is 0.335 e. The van der Waals surface area contributed by atoms with Gasteiger partial charge < -0.3 is 4.90 Å². The molecule has 0 bridgehead atoms. The molecular formula is C15H18Cl3NO2. The number of ketones is 1. The van der Waals surface area contributed by atoms with Gasteiger partial charge in [0.15, 0.2) is 5.78 Å². The highest BCUT2D eigenvalue weighted by molar-refractivity contribution is 6.76. The third-order valence-corrected chi connectivity index (χ3v) is 5.95. The molecule has 0 aromatic heterocycles. The maximum absolute atomic E-state index is 12.4. The molecule has 1 saturated carbocycles. The van der Waals surface area contributed by atoms with Crippen LogP contribution < -0.4 is 0 Å². The molecule has 3 aliphatic rings. The van der Waals surface area contributed by atoms with Gasteiger partial charge in [0.1, 0.15) is 0 Å². The lowest BCUT2D eigenvalue weighted by Gasteiger charge is -2.42. The molecule has 21 heavy (non-hydrogen) atoms. The second-order valence-electron chi connectivity index (χ2n) is 6.46. The molecule has 2 fully saturated rings. The molecule has 0 unspecified atom stereocenters. The minimum atomic E-state index is -1.93.